The van der Waals surface area contributed by atoms with Crippen molar-refractivity contribution in [2.24, 2.45) is 13.0 Å². The van der Waals surface area contributed by atoms with Gasteiger partial charge in [-0.1, -0.05) is 23.7 Å². The fraction of sp³-hybridized carbons (Fsp3) is 0.450. The van der Waals surface area contributed by atoms with Crippen LogP contribution in [0.5, 0.6) is 0 Å². The number of rotatable bonds is 8. The maximum Gasteiger partial charge on any atom is 0.337 e. The quantitative estimate of drug-likeness (QED) is 0.158. The summed E-state index contributed by atoms with van der Waals surface area (Å²) < 4.78 is 14.2. The Morgan fingerprint density at radius 1 is 1.06 bits per heavy atom. The van der Waals surface area contributed by atoms with Crippen LogP contribution in [-0.4, -0.2) is 68.3 Å². The minimum absolute atomic E-state index is 0.0241. The van der Waals surface area contributed by atoms with E-state index < -0.39 is 17.7 Å². The Kier molecular flexibility index (Phi) is 9.73. The maximum absolute atomic E-state index is 12.8. The van der Waals surface area contributed by atoms with Gasteiger partial charge in [0.1, 0.15) is 10.7 Å². The van der Waals surface area contributed by atoms with Gasteiger partial charge in [0, 0.05) is 52.6 Å². The molecule has 0 spiro atoms. The highest BCUT2D eigenvalue weighted by Gasteiger charge is 2.36. The van der Waals surface area contributed by atoms with Gasteiger partial charge in [0.15, 0.2) is 6.10 Å². The molecule has 3 atom stereocenters. The largest absolute Gasteiger partial charge is 0.479 e. The molecular formula is C40H45ClN4O5S. The lowest BCUT2D eigenvalue weighted by Crippen LogP contribution is -2.40. The Hall–Kier alpha value is -3.83. The zero-order valence-corrected chi connectivity index (χ0v) is 31.6. The van der Waals surface area contributed by atoms with Gasteiger partial charge in [0.2, 0.25) is 0 Å². The number of hydrogen-bond donors (Lipinski definition) is 1. The van der Waals surface area contributed by atoms with Crippen molar-refractivity contribution in [2.75, 3.05) is 20.2 Å². The number of methoxy groups -OCH3 is 1. The van der Waals surface area contributed by atoms with Gasteiger partial charge in [-0.05, 0) is 120 Å². The highest BCUT2D eigenvalue weighted by atomic mass is 35.5. The highest BCUT2D eigenvalue weighted by Crippen LogP contribution is 2.45. The summed E-state index contributed by atoms with van der Waals surface area (Å²) in [6.45, 7) is 9.54. The van der Waals surface area contributed by atoms with Gasteiger partial charge in [-0.2, -0.15) is 0 Å². The van der Waals surface area contributed by atoms with Gasteiger partial charge in [-0.3, -0.25) is 4.79 Å². The number of aryl methyl sites for hydroxylation is 2. The molecule has 1 aliphatic carbocycles. The van der Waals surface area contributed by atoms with Crippen molar-refractivity contribution in [1.29, 1.82) is 0 Å². The number of fused-ring (bicyclic) bond motifs is 2. The molecule has 7 rings (SSSR count). The Labute approximate surface area is 307 Å². The Morgan fingerprint density at radius 2 is 1.78 bits per heavy atom. The molecule has 2 aliphatic rings. The molecule has 1 saturated heterocycles. The maximum atomic E-state index is 12.8. The van der Waals surface area contributed by atoms with E-state index in [4.69, 9.17) is 31.0 Å². The lowest BCUT2D eigenvalue weighted by molar-refractivity contribution is -0.160. The number of carbonyl (C=O) groups is 2. The molecule has 0 amide bonds. The number of ether oxygens (including phenoxy) is 2. The minimum atomic E-state index is -1.18. The summed E-state index contributed by atoms with van der Waals surface area (Å²) >= 11 is 7.84. The van der Waals surface area contributed by atoms with Gasteiger partial charge < -0.3 is 24.0 Å². The number of nitrogens with zero attached hydrogens (tertiary/aromatic N) is 4. The van der Waals surface area contributed by atoms with E-state index in [0.29, 0.717) is 22.5 Å². The van der Waals surface area contributed by atoms with Crippen molar-refractivity contribution in [3.63, 3.8) is 0 Å². The molecule has 1 unspecified atom stereocenters. The zero-order valence-electron chi connectivity index (χ0n) is 30.0. The summed E-state index contributed by atoms with van der Waals surface area (Å²) in [5, 5.41) is 13.0. The number of benzene rings is 2. The molecule has 0 bridgehead atoms. The molecular weight excluding hydrogens is 684 g/mol. The summed E-state index contributed by atoms with van der Waals surface area (Å²) in [4.78, 5) is 37.5. The van der Waals surface area contributed by atoms with Gasteiger partial charge in [-0.25, -0.2) is 14.8 Å². The first-order chi connectivity index (χ1) is 24.3. The van der Waals surface area contributed by atoms with Crippen molar-refractivity contribution in [3.8, 4) is 21.7 Å². The summed E-state index contributed by atoms with van der Waals surface area (Å²) in [7, 11) is 3.54. The predicted molar refractivity (Wildman–Crippen MR) is 202 cm³/mol. The van der Waals surface area contributed by atoms with Gasteiger partial charge >= 0.3 is 11.9 Å². The molecule has 0 radical (unpaired) electrons. The summed E-state index contributed by atoms with van der Waals surface area (Å²) in [6.07, 6.45) is 7.91. The second-order valence-electron chi connectivity index (χ2n) is 15.1. The van der Waals surface area contributed by atoms with Gasteiger partial charge in [0.25, 0.3) is 0 Å². The molecule has 4 heterocycles. The van der Waals surface area contributed by atoms with Crippen LogP contribution in [0.2, 0.25) is 5.02 Å². The number of esters is 1. The molecule has 268 valence electrons. The zero-order chi connectivity index (χ0) is 36.2. The van der Waals surface area contributed by atoms with Gasteiger partial charge in [-0.15, -0.1) is 11.3 Å². The van der Waals surface area contributed by atoms with E-state index in [9.17, 15) is 14.7 Å². The van der Waals surface area contributed by atoms with Crippen LogP contribution in [0.25, 0.3) is 42.9 Å². The Morgan fingerprint density at radius 3 is 2.45 bits per heavy atom. The van der Waals surface area contributed by atoms with Crippen LogP contribution >= 0.6 is 22.9 Å². The number of aliphatic carboxylic acids is 1. The van der Waals surface area contributed by atoms with Crippen molar-refractivity contribution < 1.29 is 24.2 Å². The smallest absolute Gasteiger partial charge is 0.337 e. The molecule has 1 aliphatic heterocycles. The monoisotopic (exact) mass is 728 g/mol. The molecule has 1 saturated carbocycles. The van der Waals surface area contributed by atoms with E-state index in [-0.39, 0.29) is 11.9 Å². The second kappa shape index (κ2) is 14.0. The number of thiazole rings is 1. The first-order valence-electron chi connectivity index (χ1n) is 17.7. The fourth-order valence-electron chi connectivity index (χ4n) is 8.14. The number of pyridine rings is 1. The van der Waals surface area contributed by atoms with Crippen molar-refractivity contribution >= 4 is 56.1 Å². The van der Waals surface area contributed by atoms with Crippen molar-refractivity contribution in [2.45, 2.75) is 83.5 Å². The Balaban J connectivity index is 1.24. The van der Waals surface area contributed by atoms with Crippen LogP contribution < -0.4 is 0 Å². The van der Waals surface area contributed by atoms with Crippen molar-refractivity contribution in [3.05, 3.63) is 70.5 Å². The number of carbonyl (C=O) groups excluding carboxylic acids is 1. The lowest BCUT2D eigenvalue weighted by Gasteiger charge is -2.36. The van der Waals surface area contributed by atoms with Crippen LogP contribution in [0, 0.1) is 12.8 Å². The first-order valence-corrected chi connectivity index (χ1v) is 18.9. The molecule has 1 N–H and O–H groups in total. The third-order valence-electron chi connectivity index (χ3n) is 10.5. The second-order valence-corrected chi connectivity index (χ2v) is 16.5. The van der Waals surface area contributed by atoms with E-state index in [1.165, 1.54) is 12.7 Å². The topological polar surface area (TPSA) is 107 Å². The van der Waals surface area contributed by atoms with E-state index in [1.54, 1.807) is 11.3 Å². The molecule has 2 aromatic carbocycles. The predicted octanol–water partition coefficient (Wildman–Crippen LogP) is 8.94. The number of aromatic nitrogens is 3. The third kappa shape index (κ3) is 7.03. The molecule has 5 aromatic rings. The molecule has 9 nitrogen and oxygen atoms in total. The van der Waals surface area contributed by atoms with Crippen LogP contribution in [0.15, 0.2) is 48.8 Å². The number of carboxylic acid groups (broad SMARTS) is 1. The number of carboxylic acids is 1. The van der Waals surface area contributed by atoms with E-state index in [1.807, 2.05) is 64.2 Å². The summed E-state index contributed by atoms with van der Waals surface area (Å²) in [5.74, 6) is -0.683. The fourth-order valence-corrected chi connectivity index (χ4v) is 9.37. The number of likely N-dealkylation sites (tertiary alicyclic amines) is 1. The summed E-state index contributed by atoms with van der Waals surface area (Å²) in [5.41, 5.74) is 6.35. The van der Waals surface area contributed by atoms with Crippen LogP contribution in [0.4, 0.5) is 0 Å². The molecule has 51 heavy (non-hydrogen) atoms. The minimum Gasteiger partial charge on any atom is -0.479 e. The molecule has 11 heteroatoms. The molecule has 3 aromatic heterocycles. The highest BCUT2D eigenvalue weighted by molar-refractivity contribution is 7.22. The average Bonchev–Trinajstić information content (AvgIpc) is 3.84. The summed E-state index contributed by atoms with van der Waals surface area (Å²) in [6, 6.07) is 12.1. The number of piperidine rings is 1. The van der Waals surface area contributed by atoms with E-state index in [0.717, 1.165) is 93.7 Å². The lowest BCUT2D eigenvalue weighted by atomic mass is 9.88. The Bertz CT molecular complexity index is 2110. The number of hydrogen-bond acceptors (Lipinski definition) is 8. The van der Waals surface area contributed by atoms with Gasteiger partial charge in [0.05, 0.1) is 28.8 Å². The SMILES string of the molecule is COC(=O)C1CC[C@@H](N2CCC(c3cn(C)c4ncc(-c5nc6cc(C)c([C@H](OC(C)(C)C)C(=O)O)c(-c7ccc(Cl)cc7)c6s5)cc34)CC2)C1. The normalized spacial score (nSPS) is 19.6. The van der Waals surface area contributed by atoms with Crippen LogP contribution in [0.1, 0.15) is 81.6 Å². The van der Waals surface area contributed by atoms with E-state index >= 15 is 0 Å². The van der Waals surface area contributed by atoms with Crippen LogP contribution in [0.3, 0.4) is 0 Å². The van der Waals surface area contributed by atoms with Crippen LogP contribution in [-0.2, 0) is 26.1 Å². The van der Waals surface area contributed by atoms with E-state index in [2.05, 4.69) is 28.8 Å². The average molecular weight is 729 g/mol. The third-order valence-corrected chi connectivity index (χ3v) is 11.9. The molecule has 2 fully saturated rings. The first kappa shape index (κ1) is 35.6. The standard InChI is InChI=1S/C40H45ClN4O5S/c1-22-17-31-35(33(24-7-10-27(41)11-8-24)32(22)34(38(46)47)50-40(2,3)4)51-37(43-31)26-19-29-30(21-44(5)36(29)42-20-26)23-13-15-45(16-14-23)28-12-9-25(18-28)39(48)49-6/h7-8,10-11,17,19-21,23,25,28,34H,9,12-16,18H2,1-6H3,(H,46,47)/t25?,28-,34+/m1/s1. The van der Waals surface area contributed by atoms with Crippen molar-refractivity contribution in [1.82, 2.24) is 19.4 Å². The number of halogens is 1.